The minimum absolute atomic E-state index is 0.0689. The van der Waals surface area contributed by atoms with Crippen molar-refractivity contribution < 1.29 is 35.9 Å². The molecule has 0 fully saturated rings. The number of anilines is 1. The zero-order valence-electron chi connectivity index (χ0n) is 16.7. The van der Waals surface area contributed by atoms with Crippen molar-refractivity contribution in [2.24, 2.45) is 0 Å². The van der Waals surface area contributed by atoms with Crippen LogP contribution in [0.25, 0.3) is 10.9 Å². The Bertz CT molecular complexity index is 1320. The van der Waals surface area contributed by atoms with E-state index >= 15 is 0 Å². The SMILES string of the molecule is COC(=O)c1cn(C(=O)CN(c2cc(C(F)(F)F)ccc2Cl)S(C)(=O)=O)c2ccccc12. The Morgan fingerprint density at radius 3 is 2.41 bits per heavy atom. The van der Waals surface area contributed by atoms with E-state index in [-0.39, 0.29) is 10.6 Å². The fraction of sp³-hybridized carbons (Fsp3) is 0.200. The highest BCUT2D eigenvalue weighted by atomic mass is 35.5. The molecule has 0 amide bonds. The number of ether oxygens (including phenoxy) is 1. The average Bonchev–Trinajstić information content (AvgIpc) is 3.10. The molecule has 3 rings (SSSR count). The largest absolute Gasteiger partial charge is 0.465 e. The zero-order valence-corrected chi connectivity index (χ0v) is 18.3. The molecule has 12 heteroatoms. The Balaban J connectivity index is 2.10. The Kier molecular flexibility index (Phi) is 6.25. The van der Waals surface area contributed by atoms with E-state index in [2.05, 4.69) is 0 Å². The molecule has 170 valence electrons. The summed E-state index contributed by atoms with van der Waals surface area (Å²) in [6.07, 6.45) is -2.82. The molecule has 0 saturated heterocycles. The number of benzene rings is 2. The van der Waals surface area contributed by atoms with Gasteiger partial charge in [-0.25, -0.2) is 13.2 Å². The second-order valence-corrected chi connectivity index (χ2v) is 9.06. The first kappa shape index (κ1) is 23.6. The molecule has 1 aromatic heterocycles. The van der Waals surface area contributed by atoms with Crippen LogP contribution in [0, 0.1) is 0 Å². The normalized spacial score (nSPS) is 12.1. The molecule has 0 bridgehead atoms. The van der Waals surface area contributed by atoms with Crippen molar-refractivity contribution in [1.29, 1.82) is 0 Å². The molecule has 2 aromatic carbocycles. The number of para-hydroxylation sites is 1. The predicted octanol–water partition coefficient (Wildman–Crippen LogP) is 4.21. The van der Waals surface area contributed by atoms with Gasteiger partial charge in [0.15, 0.2) is 0 Å². The number of aromatic nitrogens is 1. The van der Waals surface area contributed by atoms with Gasteiger partial charge in [-0.2, -0.15) is 13.2 Å². The van der Waals surface area contributed by atoms with Crippen LogP contribution in [0.3, 0.4) is 0 Å². The molecule has 0 aliphatic heterocycles. The molecule has 0 saturated carbocycles. The van der Waals surface area contributed by atoms with E-state index in [0.717, 1.165) is 24.0 Å². The predicted molar refractivity (Wildman–Crippen MR) is 113 cm³/mol. The number of fused-ring (bicyclic) bond motifs is 1. The number of hydrogen-bond acceptors (Lipinski definition) is 5. The second-order valence-electron chi connectivity index (χ2n) is 6.75. The molecular weight excluding hydrogens is 473 g/mol. The average molecular weight is 489 g/mol. The summed E-state index contributed by atoms with van der Waals surface area (Å²) in [5, 5.41) is 0.0968. The maximum Gasteiger partial charge on any atom is 0.416 e. The molecule has 0 aliphatic rings. The lowest BCUT2D eigenvalue weighted by atomic mass is 10.2. The van der Waals surface area contributed by atoms with Crippen molar-refractivity contribution in [1.82, 2.24) is 4.57 Å². The highest BCUT2D eigenvalue weighted by molar-refractivity contribution is 7.92. The number of carbonyl (C=O) groups excluding carboxylic acids is 2. The molecule has 0 spiro atoms. The smallest absolute Gasteiger partial charge is 0.416 e. The minimum Gasteiger partial charge on any atom is -0.465 e. The van der Waals surface area contributed by atoms with Crippen LogP contribution < -0.4 is 4.31 Å². The number of carbonyl (C=O) groups is 2. The first-order valence-electron chi connectivity index (χ1n) is 8.90. The van der Waals surface area contributed by atoms with Gasteiger partial charge in [0, 0.05) is 11.6 Å². The van der Waals surface area contributed by atoms with Gasteiger partial charge in [-0.1, -0.05) is 29.8 Å². The number of halogens is 4. The van der Waals surface area contributed by atoms with Crippen LogP contribution in [0.4, 0.5) is 18.9 Å². The van der Waals surface area contributed by atoms with Crippen LogP contribution in [0.5, 0.6) is 0 Å². The molecule has 7 nitrogen and oxygen atoms in total. The van der Waals surface area contributed by atoms with E-state index < -0.39 is 45.9 Å². The first-order valence-corrected chi connectivity index (χ1v) is 11.1. The van der Waals surface area contributed by atoms with Gasteiger partial charge in [0.2, 0.25) is 10.0 Å². The van der Waals surface area contributed by atoms with Crippen LogP contribution in [0.2, 0.25) is 5.02 Å². The van der Waals surface area contributed by atoms with Gasteiger partial charge in [-0.15, -0.1) is 0 Å². The maximum atomic E-state index is 13.1. The lowest BCUT2D eigenvalue weighted by Gasteiger charge is -2.24. The number of hydrogen-bond donors (Lipinski definition) is 0. The third-order valence-electron chi connectivity index (χ3n) is 4.61. The van der Waals surface area contributed by atoms with Crippen LogP contribution in [-0.2, 0) is 20.9 Å². The maximum absolute atomic E-state index is 13.1. The molecule has 3 aromatic rings. The summed E-state index contributed by atoms with van der Waals surface area (Å²) in [4.78, 5) is 25.1. The fourth-order valence-electron chi connectivity index (χ4n) is 3.12. The molecule has 0 atom stereocenters. The lowest BCUT2D eigenvalue weighted by Crippen LogP contribution is -2.37. The number of sulfonamides is 1. The van der Waals surface area contributed by atoms with Gasteiger partial charge in [-0.3, -0.25) is 13.7 Å². The third kappa shape index (κ3) is 4.58. The van der Waals surface area contributed by atoms with E-state index in [1.165, 1.54) is 12.3 Å². The van der Waals surface area contributed by atoms with Crippen molar-refractivity contribution in [3.63, 3.8) is 0 Å². The number of esters is 1. The van der Waals surface area contributed by atoms with Gasteiger partial charge < -0.3 is 4.74 Å². The summed E-state index contributed by atoms with van der Waals surface area (Å²) in [7, 11) is -3.05. The molecule has 0 radical (unpaired) electrons. The second kappa shape index (κ2) is 8.47. The van der Waals surface area contributed by atoms with Crippen molar-refractivity contribution >= 4 is 50.1 Å². The van der Waals surface area contributed by atoms with Crippen molar-refractivity contribution in [3.05, 3.63) is 64.8 Å². The number of nitrogens with zero attached hydrogens (tertiary/aromatic N) is 2. The lowest BCUT2D eigenvalue weighted by molar-refractivity contribution is -0.137. The Morgan fingerprint density at radius 1 is 1.16 bits per heavy atom. The molecule has 0 N–H and O–H groups in total. The molecule has 32 heavy (non-hydrogen) atoms. The fourth-order valence-corrected chi connectivity index (χ4v) is 4.24. The Labute approximate surface area is 186 Å². The number of methoxy groups -OCH3 is 1. The summed E-state index contributed by atoms with van der Waals surface area (Å²) in [6.45, 7) is -0.862. The Morgan fingerprint density at radius 2 is 1.81 bits per heavy atom. The molecule has 0 aliphatic carbocycles. The Hall–Kier alpha value is -3.05. The molecule has 1 heterocycles. The van der Waals surface area contributed by atoms with Gasteiger partial charge in [-0.05, 0) is 24.3 Å². The van der Waals surface area contributed by atoms with Crippen LogP contribution >= 0.6 is 11.6 Å². The molecule has 0 unspecified atom stereocenters. The van der Waals surface area contributed by atoms with Gasteiger partial charge in [0.1, 0.15) is 6.54 Å². The van der Waals surface area contributed by atoms with Gasteiger partial charge in [0.05, 0.1) is 40.7 Å². The van der Waals surface area contributed by atoms with Crippen LogP contribution in [0.1, 0.15) is 20.7 Å². The zero-order chi connectivity index (χ0) is 23.8. The highest BCUT2D eigenvalue weighted by Gasteiger charge is 2.33. The summed E-state index contributed by atoms with van der Waals surface area (Å²) in [6, 6.07) is 8.51. The minimum atomic E-state index is -4.75. The monoisotopic (exact) mass is 488 g/mol. The third-order valence-corrected chi connectivity index (χ3v) is 6.05. The molecular formula is C20H16ClF3N2O5S. The number of alkyl halides is 3. The summed E-state index contributed by atoms with van der Waals surface area (Å²) >= 11 is 5.98. The van der Waals surface area contributed by atoms with Crippen LogP contribution in [0.15, 0.2) is 48.7 Å². The summed E-state index contributed by atoms with van der Waals surface area (Å²) in [5.74, 6) is -1.54. The van der Waals surface area contributed by atoms with E-state index in [1.807, 2.05) is 0 Å². The summed E-state index contributed by atoms with van der Waals surface area (Å²) in [5.41, 5.74) is -1.26. The standard InChI is InChI=1S/C20H16ClF3N2O5S/c1-31-19(28)14-10-25(16-6-4-3-5-13(14)16)18(27)11-26(32(2,29)30)17-9-12(20(22,23)24)7-8-15(17)21/h3-10H,11H2,1-2H3. The van der Waals surface area contributed by atoms with Crippen molar-refractivity contribution in [2.45, 2.75) is 6.18 Å². The van der Waals surface area contributed by atoms with E-state index in [1.54, 1.807) is 18.2 Å². The number of rotatable bonds is 5. The van der Waals surface area contributed by atoms with Gasteiger partial charge >= 0.3 is 12.1 Å². The summed E-state index contributed by atoms with van der Waals surface area (Å²) < 4.78 is 70.5. The van der Waals surface area contributed by atoms with Gasteiger partial charge in [0.25, 0.3) is 5.91 Å². The highest BCUT2D eigenvalue weighted by Crippen LogP contribution is 2.36. The van der Waals surface area contributed by atoms with E-state index in [9.17, 15) is 31.2 Å². The van der Waals surface area contributed by atoms with Crippen LogP contribution in [-0.4, -0.2) is 44.8 Å². The topological polar surface area (TPSA) is 85.7 Å². The van der Waals surface area contributed by atoms with Crippen molar-refractivity contribution in [3.8, 4) is 0 Å². The van der Waals surface area contributed by atoms with Crippen molar-refractivity contribution in [2.75, 3.05) is 24.2 Å². The quantitative estimate of drug-likeness (QED) is 0.502. The van der Waals surface area contributed by atoms with E-state index in [0.29, 0.717) is 27.3 Å². The van der Waals surface area contributed by atoms with E-state index in [4.69, 9.17) is 16.3 Å². The first-order chi connectivity index (χ1) is 14.8.